The fourth-order valence-corrected chi connectivity index (χ4v) is 2.28. The van der Waals surface area contributed by atoms with E-state index in [1.165, 1.54) is 25.7 Å². The predicted octanol–water partition coefficient (Wildman–Crippen LogP) is 1.04. The van der Waals surface area contributed by atoms with Gasteiger partial charge in [0.25, 0.3) is 0 Å². The summed E-state index contributed by atoms with van der Waals surface area (Å²) in [6, 6.07) is 4.05. The third-order valence-corrected chi connectivity index (χ3v) is 3.41. The minimum absolute atomic E-state index is 0.0271. The number of amides is 1. The summed E-state index contributed by atoms with van der Waals surface area (Å²) in [7, 11) is 0. The molecule has 0 bridgehead atoms. The molecule has 1 aliphatic heterocycles. The molecule has 0 unspecified atom stereocenters. The summed E-state index contributed by atoms with van der Waals surface area (Å²) >= 11 is 0. The van der Waals surface area contributed by atoms with Crippen molar-refractivity contribution >= 4 is 11.7 Å². The van der Waals surface area contributed by atoms with Crippen molar-refractivity contribution in [3.63, 3.8) is 0 Å². The molecule has 0 aliphatic carbocycles. The molecule has 1 aromatic heterocycles. The Morgan fingerprint density at radius 1 is 1.26 bits per heavy atom. The Morgan fingerprint density at radius 2 is 2.00 bits per heavy atom. The van der Waals surface area contributed by atoms with Gasteiger partial charge >= 0.3 is 0 Å². The average molecular weight is 262 g/mol. The highest BCUT2D eigenvalue weighted by Gasteiger charge is 2.10. The van der Waals surface area contributed by atoms with Gasteiger partial charge in [0.1, 0.15) is 5.82 Å². The lowest BCUT2D eigenvalue weighted by molar-refractivity contribution is -0.119. The van der Waals surface area contributed by atoms with Crippen molar-refractivity contribution in [1.29, 1.82) is 0 Å². The highest BCUT2D eigenvalue weighted by atomic mass is 16.1. The summed E-state index contributed by atoms with van der Waals surface area (Å²) in [4.78, 5) is 17.9. The molecule has 0 radical (unpaired) electrons. The van der Waals surface area contributed by atoms with Crippen molar-refractivity contribution in [1.82, 2.24) is 10.3 Å². The number of hydrogen-bond acceptors (Lipinski definition) is 4. The summed E-state index contributed by atoms with van der Waals surface area (Å²) < 4.78 is 0. The van der Waals surface area contributed by atoms with Crippen molar-refractivity contribution < 1.29 is 4.79 Å². The van der Waals surface area contributed by atoms with E-state index < -0.39 is 0 Å². The molecule has 1 aromatic rings. The molecule has 1 amide bonds. The lowest BCUT2D eigenvalue weighted by Gasteiger charge is -2.21. The van der Waals surface area contributed by atoms with Gasteiger partial charge in [0, 0.05) is 25.8 Å². The summed E-state index contributed by atoms with van der Waals surface area (Å²) in [6.07, 6.45) is 6.96. The third-order valence-electron chi connectivity index (χ3n) is 3.41. The van der Waals surface area contributed by atoms with E-state index in [1.54, 1.807) is 0 Å². The topological polar surface area (TPSA) is 71.2 Å². The molecule has 0 saturated carbocycles. The Balaban J connectivity index is 1.91. The number of pyridine rings is 1. The van der Waals surface area contributed by atoms with Gasteiger partial charge in [0.05, 0.1) is 6.54 Å². The molecule has 5 heteroatoms. The van der Waals surface area contributed by atoms with Crippen LogP contribution in [0.15, 0.2) is 18.3 Å². The summed E-state index contributed by atoms with van der Waals surface area (Å²) in [5.41, 5.74) is 6.24. The number of hydrogen-bond donors (Lipinski definition) is 2. The zero-order valence-electron chi connectivity index (χ0n) is 11.3. The summed E-state index contributed by atoms with van der Waals surface area (Å²) in [5, 5.41) is 2.74. The molecule has 1 fully saturated rings. The molecular weight excluding hydrogens is 240 g/mol. The Kier molecular flexibility index (Phi) is 5.15. The number of nitrogens with one attached hydrogen (secondary N) is 1. The molecule has 104 valence electrons. The molecule has 2 heterocycles. The zero-order valence-corrected chi connectivity index (χ0v) is 11.3. The number of nitrogens with zero attached hydrogens (tertiary/aromatic N) is 2. The number of nitrogens with two attached hydrogens (primary N) is 1. The molecule has 1 aliphatic rings. The maximum absolute atomic E-state index is 11.1. The molecule has 19 heavy (non-hydrogen) atoms. The Labute approximate surface area is 114 Å². The summed E-state index contributed by atoms with van der Waals surface area (Å²) in [5.74, 6) is 0.896. The molecule has 0 atom stereocenters. The van der Waals surface area contributed by atoms with Crippen LogP contribution in [0.1, 0.15) is 31.2 Å². The van der Waals surface area contributed by atoms with Crippen LogP contribution in [0.4, 0.5) is 5.82 Å². The molecule has 5 nitrogen and oxygen atoms in total. The quantitative estimate of drug-likeness (QED) is 0.850. The number of carbonyl (C=O) groups excluding carboxylic acids is 1. The van der Waals surface area contributed by atoms with E-state index in [1.807, 2.05) is 18.3 Å². The second-order valence-electron chi connectivity index (χ2n) is 4.91. The van der Waals surface area contributed by atoms with Gasteiger partial charge in [-0.3, -0.25) is 4.79 Å². The van der Waals surface area contributed by atoms with Gasteiger partial charge in [-0.1, -0.05) is 18.9 Å². The summed E-state index contributed by atoms with van der Waals surface area (Å²) in [6.45, 7) is 2.70. The molecular formula is C14H22N4O. The molecule has 3 N–H and O–H groups in total. The lowest BCUT2D eigenvalue weighted by Crippen LogP contribution is -2.29. The van der Waals surface area contributed by atoms with Gasteiger partial charge in [-0.15, -0.1) is 0 Å². The maximum Gasteiger partial charge on any atom is 0.234 e. The number of rotatable bonds is 4. The molecule has 0 aromatic carbocycles. The van der Waals surface area contributed by atoms with Crippen molar-refractivity contribution in [2.75, 3.05) is 24.5 Å². The van der Waals surface area contributed by atoms with Crippen LogP contribution in [-0.4, -0.2) is 30.5 Å². The van der Waals surface area contributed by atoms with E-state index in [-0.39, 0.29) is 12.5 Å². The number of aromatic nitrogens is 1. The highest BCUT2D eigenvalue weighted by molar-refractivity contribution is 5.77. The molecule has 2 rings (SSSR count). The Morgan fingerprint density at radius 3 is 2.58 bits per heavy atom. The maximum atomic E-state index is 11.1. The van der Waals surface area contributed by atoms with Crippen LogP contribution in [0.25, 0.3) is 0 Å². The zero-order chi connectivity index (χ0) is 13.5. The molecule has 1 saturated heterocycles. The van der Waals surface area contributed by atoms with Crippen LogP contribution in [0.3, 0.4) is 0 Å². The minimum Gasteiger partial charge on any atom is -0.357 e. The standard InChI is InChI=1S/C14H22N4O/c15-9-14(19)17-11-12-5-6-13(16-10-12)18-7-3-1-2-4-8-18/h5-6,10H,1-4,7-9,11,15H2,(H,17,19). The SMILES string of the molecule is NCC(=O)NCc1ccc(N2CCCCCC2)nc1. The van der Waals surface area contributed by atoms with Crippen LogP contribution in [-0.2, 0) is 11.3 Å². The van der Waals surface area contributed by atoms with Crippen LogP contribution < -0.4 is 16.0 Å². The van der Waals surface area contributed by atoms with E-state index in [0.717, 1.165) is 24.5 Å². The van der Waals surface area contributed by atoms with E-state index in [2.05, 4.69) is 15.2 Å². The van der Waals surface area contributed by atoms with E-state index in [9.17, 15) is 4.79 Å². The average Bonchev–Trinajstić information content (AvgIpc) is 2.74. The number of carbonyl (C=O) groups is 1. The number of anilines is 1. The van der Waals surface area contributed by atoms with Gasteiger partial charge in [0.15, 0.2) is 0 Å². The monoisotopic (exact) mass is 262 g/mol. The third kappa shape index (κ3) is 4.21. The largest absolute Gasteiger partial charge is 0.357 e. The lowest BCUT2D eigenvalue weighted by atomic mass is 10.2. The van der Waals surface area contributed by atoms with Gasteiger partial charge in [-0.05, 0) is 24.5 Å². The highest BCUT2D eigenvalue weighted by Crippen LogP contribution is 2.17. The molecule has 0 spiro atoms. The first kappa shape index (κ1) is 13.8. The predicted molar refractivity (Wildman–Crippen MR) is 75.8 cm³/mol. The first-order chi connectivity index (χ1) is 9.29. The first-order valence-electron chi connectivity index (χ1n) is 6.96. The van der Waals surface area contributed by atoms with E-state index in [4.69, 9.17) is 5.73 Å². The Hall–Kier alpha value is -1.62. The van der Waals surface area contributed by atoms with Crippen LogP contribution in [0, 0.1) is 0 Å². The van der Waals surface area contributed by atoms with Crippen LogP contribution >= 0.6 is 0 Å². The first-order valence-corrected chi connectivity index (χ1v) is 6.96. The smallest absolute Gasteiger partial charge is 0.234 e. The second-order valence-corrected chi connectivity index (χ2v) is 4.91. The van der Waals surface area contributed by atoms with Crippen molar-refractivity contribution in [3.8, 4) is 0 Å². The Bertz CT molecular complexity index is 396. The van der Waals surface area contributed by atoms with Gasteiger partial charge in [-0.2, -0.15) is 0 Å². The van der Waals surface area contributed by atoms with E-state index >= 15 is 0 Å². The van der Waals surface area contributed by atoms with Gasteiger partial charge in [0.2, 0.25) is 5.91 Å². The van der Waals surface area contributed by atoms with E-state index in [0.29, 0.717) is 6.54 Å². The second kappa shape index (κ2) is 7.09. The van der Waals surface area contributed by atoms with Crippen molar-refractivity contribution in [2.45, 2.75) is 32.2 Å². The van der Waals surface area contributed by atoms with Crippen LogP contribution in [0.5, 0.6) is 0 Å². The van der Waals surface area contributed by atoms with Crippen molar-refractivity contribution in [2.24, 2.45) is 5.73 Å². The van der Waals surface area contributed by atoms with Crippen LogP contribution in [0.2, 0.25) is 0 Å². The van der Waals surface area contributed by atoms with Crippen molar-refractivity contribution in [3.05, 3.63) is 23.9 Å². The normalized spacial score (nSPS) is 15.9. The van der Waals surface area contributed by atoms with Gasteiger partial charge in [-0.25, -0.2) is 4.98 Å². The fourth-order valence-electron chi connectivity index (χ4n) is 2.28. The van der Waals surface area contributed by atoms with Gasteiger partial charge < -0.3 is 16.0 Å². The minimum atomic E-state index is -0.142. The fraction of sp³-hybridized carbons (Fsp3) is 0.571.